The Bertz CT molecular complexity index is 380. The van der Waals surface area contributed by atoms with Crippen molar-refractivity contribution in [2.75, 3.05) is 32.1 Å². The minimum absolute atomic E-state index is 0.0151. The number of nitrogens with two attached hydrogens (primary N) is 1. The number of aryl methyl sites for hydroxylation is 1. The molecule has 0 atom stereocenters. The second kappa shape index (κ2) is 6.88. The van der Waals surface area contributed by atoms with Crippen LogP contribution in [0.25, 0.3) is 0 Å². The van der Waals surface area contributed by atoms with Gasteiger partial charge in [-0.3, -0.25) is 4.79 Å². The highest BCUT2D eigenvalue weighted by molar-refractivity contribution is 5.99. The van der Waals surface area contributed by atoms with Gasteiger partial charge in [-0.2, -0.15) is 0 Å². The van der Waals surface area contributed by atoms with Crippen molar-refractivity contribution < 1.29 is 14.6 Å². The van der Waals surface area contributed by atoms with Crippen LogP contribution < -0.4 is 11.1 Å². The van der Waals surface area contributed by atoms with Crippen molar-refractivity contribution in [3.63, 3.8) is 0 Å². The van der Waals surface area contributed by atoms with Gasteiger partial charge in [0.2, 0.25) is 0 Å². The van der Waals surface area contributed by atoms with E-state index in [0.29, 0.717) is 24.4 Å². The van der Waals surface area contributed by atoms with E-state index in [-0.39, 0.29) is 19.1 Å². The van der Waals surface area contributed by atoms with Gasteiger partial charge in [-0.05, 0) is 19.1 Å². The van der Waals surface area contributed by atoms with Gasteiger partial charge < -0.3 is 20.9 Å². The van der Waals surface area contributed by atoms with Crippen molar-refractivity contribution in [3.05, 3.63) is 29.3 Å². The number of aliphatic hydroxyl groups is 1. The van der Waals surface area contributed by atoms with Crippen molar-refractivity contribution in [2.45, 2.75) is 6.92 Å². The van der Waals surface area contributed by atoms with Gasteiger partial charge in [0.15, 0.2) is 0 Å². The van der Waals surface area contributed by atoms with E-state index in [1.807, 2.05) is 13.0 Å². The summed E-state index contributed by atoms with van der Waals surface area (Å²) in [4.78, 5) is 11.8. The van der Waals surface area contributed by atoms with Crippen molar-refractivity contribution in [3.8, 4) is 0 Å². The maximum atomic E-state index is 11.8. The molecule has 17 heavy (non-hydrogen) atoms. The van der Waals surface area contributed by atoms with Gasteiger partial charge in [-0.25, -0.2) is 0 Å². The third kappa shape index (κ3) is 4.42. The maximum Gasteiger partial charge on any atom is 0.253 e. The summed E-state index contributed by atoms with van der Waals surface area (Å²) in [6.07, 6.45) is 0. The molecule has 0 bridgehead atoms. The number of ether oxygens (including phenoxy) is 1. The van der Waals surface area contributed by atoms with E-state index in [1.165, 1.54) is 0 Å². The summed E-state index contributed by atoms with van der Waals surface area (Å²) in [6, 6.07) is 5.32. The monoisotopic (exact) mass is 238 g/mol. The number of rotatable bonds is 6. The van der Waals surface area contributed by atoms with Crippen LogP contribution in [0.3, 0.4) is 0 Å². The lowest BCUT2D eigenvalue weighted by Gasteiger charge is -2.08. The number of anilines is 1. The minimum atomic E-state index is -0.209. The number of carbonyl (C=O) groups is 1. The Balaban J connectivity index is 2.44. The molecule has 0 spiro atoms. The minimum Gasteiger partial charge on any atom is -0.398 e. The van der Waals surface area contributed by atoms with E-state index in [1.54, 1.807) is 12.1 Å². The fourth-order valence-corrected chi connectivity index (χ4v) is 1.37. The lowest BCUT2D eigenvalue weighted by atomic mass is 10.1. The molecule has 0 aliphatic rings. The van der Waals surface area contributed by atoms with E-state index in [9.17, 15) is 4.79 Å². The molecule has 0 aromatic heterocycles. The van der Waals surface area contributed by atoms with Gasteiger partial charge in [0, 0.05) is 12.2 Å². The van der Waals surface area contributed by atoms with Crippen LogP contribution in [0.1, 0.15) is 15.9 Å². The number of carbonyl (C=O) groups excluding carboxylic acids is 1. The highest BCUT2D eigenvalue weighted by Crippen LogP contribution is 2.13. The zero-order chi connectivity index (χ0) is 12.7. The van der Waals surface area contributed by atoms with Crippen LogP contribution in [0, 0.1) is 6.92 Å². The average Bonchev–Trinajstić information content (AvgIpc) is 2.32. The second-order valence-electron chi connectivity index (χ2n) is 3.68. The third-order valence-electron chi connectivity index (χ3n) is 2.22. The van der Waals surface area contributed by atoms with E-state index in [0.717, 1.165) is 5.56 Å². The summed E-state index contributed by atoms with van der Waals surface area (Å²) in [6.45, 7) is 2.94. The lowest BCUT2D eigenvalue weighted by Crippen LogP contribution is -2.28. The van der Waals surface area contributed by atoms with E-state index >= 15 is 0 Å². The Morgan fingerprint density at radius 1 is 1.47 bits per heavy atom. The summed E-state index contributed by atoms with van der Waals surface area (Å²) in [5, 5.41) is 11.2. The number of nitrogen functional groups attached to an aromatic ring is 1. The van der Waals surface area contributed by atoms with Crippen LogP contribution in [-0.4, -0.2) is 37.4 Å². The van der Waals surface area contributed by atoms with Crippen LogP contribution in [-0.2, 0) is 4.74 Å². The molecule has 1 amide bonds. The van der Waals surface area contributed by atoms with E-state index < -0.39 is 0 Å². The van der Waals surface area contributed by atoms with Crippen molar-refractivity contribution in [1.82, 2.24) is 5.32 Å². The van der Waals surface area contributed by atoms with Gasteiger partial charge in [-0.1, -0.05) is 11.6 Å². The number of aliphatic hydroxyl groups excluding tert-OH is 1. The Labute approximate surface area is 101 Å². The molecule has 5 nitrogen and oxygen atoms in total. The molecule has 1 aromatic rings. The fraction of sp³-hybridized carbons (Fsp3) is 0.417. The molecule has 1 rings (SSSR count). The van der Waals surface area contributed by atoms with E-state index in [4.69, 9.17) is 15.6 Å². The molecule has 0 saturated heterocycles. The van der Waals surface area contributed by atoms with Gasteiger partial charge >= 0.3 is 0 Å². The number of amides is 1. The summed E-state index contributed by atoms with van der Waals surface area (Å²) >= 11 is 0. The van der Waals surface area contributed by atoms with Crippen LogP contribution in [0.15, 0.2) is 18.2 Å². The molecule has 0 saturated carbocycles. The van der Waals surface area contributed by atoms with Crippen LogP contribution in [0.5, 0.6) is 0 Å². The Morgan fingerprint density at radius 3 is 2.94 bits per heavy atom. The molecule has 5 heteroatoms. The first-order valence-electron chi connectivity index (χ1n) is 5.48. The summed E-state index contributed by atoms with van der Waals surface area (Å²) in [5.74, 6) is -0.209. The zero-order valence-electron chi connectivity index (χ0n) is 9.90. The summed E-state index contributed by atoms with van der Waals surface area (Å²) < 4.78 is 5.03. The molecule has 0 aliphatic carbocycles. The molecule has 0 heterocycles. The number of nitrogens with one attached hydrogen (secondary N) is 1. The first kappa shape index (κ1) is 13.5. The predicted molar refractivity (Wildman–Crippen MR) is 65.8 cm³/mol. The molecular formula is C12H18N2O3. The molecule has 0 unspecified atom stereocenters. The zero-order valence-corrected chi connectivity index (χ0v) is 9.90. The fourth-order valence-electron chi connectivity index (χ4n) is 1.37. The third-order valence-corrected chi connectivity index (χ3v) is 2.22. The summed E-state index contributed by atoms with van der Waals surface area (Å²) in [7, 11) is 0. The molecule has 4 N–H and O–H groups in total. The Morgan fingerprint density at radius 2 is 2.24 bits per heavy atom. The van der Waals surface area contributed by atoms with Crippen LogP contribution in [0.4, 0.5) is 5.69 Å². The predicted octanol–water partition coefficient (Wildman–Crippen LogP) is 0.316. The number of hydrogen-bond acceptors (Lipinski definition) is 4. The molecular weight excluding hydrogens is 220 g/mol. The van der Waals surface area contributed by atoms with Gasteiger partial charge in [-0.15, -0.1) is 0 Å². The van der Waals surface area contributed by atoms with Crippen LogP contribution >= 0.6 is 0 Å². The SMILES string of the molecule is Cc1ccc(N)c(C(=O)NCCOCCO)c1. The number of benzene rings is 1. The van der Waals surface area contributed by atoms with Crippen molar-refractivity contribution >= 4 is 11.6 Å². The highest BCUT2D eigenvalue weighted by Gasteiger charge is 2.08. The molecule has 94 valence electrons. The number of hydrogen-bond donors (Lipinski definition) is 3. The smallest absolute Gasteiger partial charge is 0.253 e. The largest absolute Gasteiger partial charge is 0.398 e. The highest BCUT2D eigenvalue weighted by atomic mass is 16.5. The van der Waals surface area contributed by atoms with Crippen LogP contribution in [0.2, 0.25) is 0 Å². The van der Waals surface area contributed by atoms with Gasteiger partial charge in [0.25, 0.3) is 5.91 Å². The molecule has 0 radical (unpaired) electrons. The van der Waals surface area contributed by atoms with Crippen molar-refractivity contribution in [1.29, 1.82) is 0 Å². The topological polar surface area (TPSA) is 84.6 Å². The second-order valence-corrected chi connectivity index (χ2v) is 3.68. The lowest BCUT2D eigenvalue weighted by molar-refractivity contribution is 0.0838. The Hall–Kier alpha value is -1.59. The Kier molecular flexibility index (Phi) is 5.45. The first-order chi connectivity index (χ1) is 8.15. The first-order valence-corrected chi connectivity index (χ1v) is 5.48. The van der Waals surface area contributed by atoms with Crippen molar-refractivity contribution in [2.24, 2.45) is 0 Å². The molecule has 0 fully saturated rings. The average molecular weight is 238 g/mol. The standard InChI is InChI=1S/C12H18N2O3/c1-9-2-3-11(13)10(8-9)12(16)14-4-6-17-7-5-15/h2-3,8,15H,4-7,13H2,1H3,(H,14,16). The van der Waals surface area contributed by atoms with Gasteiger partial charge in [0.1, 0.15) is 0 Å². The molecule has 1 aromatic carbocycles. The maximum absolute atomic E-state index is 11.8. The quantitative estimate of drug-likeness (QED) is 0.492. The normalized spacial score (nSPS) is 10.2. The van der Waals surface area contributed by atoms with E-state index in [2.05, 4.69) is 5.32 Å². The summed E-state index contributed by atoms with van der Waals surface area (Å²) in [5.41, 5.74) is 7.65. The molecule has 0 aliphatic heterocycles. The van der Waals surface area contributed by atoms with Gasteiger partial charge in [0.05, 0.1) is 25.4 Å².